The van der Waals surface area contributed by atoms with Gasteiger partial charge in [0.2, 0.25) is 0 Å². The van der Waals surface area contributed by atoms with Crippen LogP contribution in [0, 0.1) is 5.92 Å². The van der Waals surface area contributed by atoms with Crippen LogP contribution in [0.2, 0.25) is 0 Å². The van der Waals surface area contributed by atoms with Gasteiger partial charge in [-0.2, -0.15) is 0 Å². The SMILES string of the molecule is CCC(C)C1OCCCC1Cl. The van der Waals surface area contributed by atoms with Crippen LogP contribution < -0.4 is 0 Å². The van der Waals surface area contributed by atoms with E-state index in [-0.39, 0.29) is 5.38 Å². The monoisotopic (exact) mass is 176 g/mol. The molecule has 66 valence electrons. The smallest absolute Gasteiger partial charge is 0.0763 e. The number of hydrogen-bond acceptors (Lipinski definition) is 1. The number of ether oxygens (including phenoxy) is 1. The average molecular weight is 177 g/mol. The lowest BCUT2D eigenvalue weighted by atomic mass is 9.95. The van der Waals surface area contributed by atoms with Crippen LogP contribution >= 0.6 is 11.6 Å². The summed E-state index contributed by atoms with van der Waals surface area (Å²) in [7, 11) is 0. The van der Waals surface area contributed by atoms with Crippen molar-refractivity contribution in [1.82, 2.24) is 0 Å². The van der Waals surface area contributed by atoms with E-state index in [0.29, 0.717) is 12.0 Å². The van der Waals surface area contributed by atoms with Gasteiger partial charge in [0.15, 0.2) is 0 Å². The fraction of sp³-hybridized carbons (Fsp3) is 1.00. The molecule has 0 aromatic rings. The standard InChI is InChI=1S/C9H17ClO/c1-3-7(2)9-8(10)5-4-6-11-9/h7-9H,3-6H2,1-2H3. The van der Waals surface area contributed by atoms with Crippen LogP contribution in [-0.4, -0.2) is 18.1 Å². The third kappa shape index (κ3) is 2.34. The van der Waals surface area contributed by atoms with E-state index in [1.54, 1.807) is 0 Å². The van der Waals surface area contributed by atoms with Crippen molar-refractivity contribution in [3.8, 4) is 0 Å². The maximum atomic E-state index is 6.13. The summed E-state index contributed by atoms with van der Waals surface area (Å²) < 4.78 is 5.61. The van der Waals surface area contributed by atoms with Gasteiger partial charge in [-0.15, -0.1) is 11.6 Å². The second-order valence-corrected chi connectivity index (χ2v) is 3.94. The Morgan fingerprint density at radius 2 is 2.36 bits per heavy atom. The molecule has 3 atom stereocenters. The van der Waals surface area contributed by atoms with Crippen LogP contribution in [0.1, 0.15) is 33.1 Å². The minimum absolute atomic E-state index is 0.249. The Labute approximate surface area is 74.1 Å². The number of halogens is 1. The van der Waals surface area contributed by atoms with Crippen molar-refractivity contribution in [3.05, 3.63) is 0 Å². The van der Waals surface area contributed by atoms with Crippen LogP contribution in [0.25, 0.3) is 0 Å². The van der Waals surface area contributed by atoms with E-state index in [9.17, 15) is 0 Å². The van der Waals surface area contributed by atoms with Gasteiger partial charge in [-0.05, 0) is 18.8 Å². The molecule has 1 fully saturated rings. The van der Waals surface area contributed by atoms with Crippen molar-refractivity contribution in [2.75, 3.05) is 6.61 Å². The summed E-state index contributed by atoms with van der Waals surface area (Å²) in [5.74, 6) is 0.609. The van der Waals surface area contributed by atoms with Crippen molar-refractivity contribution in [3.63, 3.8) is 0 Å². The molecule has 1 aliphatic rings. The molecular weight excluding hydrogens is 160 g/mol. The third-order valence-electron chi connectivity index (χ3n) is 2.50. The van der Waals surface area contributed by atoms with E-state index in [0.717, 1.165) is 25.9 Å². The van der Waals surface area contributed by atoms with Gasteiger partial charge in [-0.1, -0.05) is 20.3 Å². The Balaban J connectivity index is 2.40. The molecule has 0 spiro atoms. The second-order valence-electron chi connectivity index (χ2n) is 3.38. The average Bonchev–Trinajstić information content (AvgIpc) is 2.04. The molecule has 2 heteroatoms. The van der Waals surface area contributed by atoms with E-state index in [1.165, 1.54) is 0 Å². The molecule has 1 saturated heterocycles. The number of rotatable bonds is 2. The Morgan fingerprint density at radius 3 is 2.91 bits per heavy atom. The van der Waals surface area contributed by atoms with E-state index < -0.39 is 0 Å². The largest absolute Gasteiger partial charge is 0.376 e. The van der Waals surface area contributed by atoms with Crippen LogP contribution in [0.3, 0.4) is 0 Å². The molecule has 1 heterocycles. The van der Waals surface area contributed by atoms with Gasteiger partial charge in [0.1, 0.15) is 0 Å². The highest BCUT2D eigenvalue weighted by atomic mass is 35.5. The molecule has 1 aliphatic heterocycles. The predicted octanol–water partition coefficient (Wildman–Crippen LogP) is 2.82. The lowest BCUT2D eigenvalue weighted by molar-refractivity contribution is -0.0137. The van der Waals surface area contributed by atoms with Crippen molar-refractivity contribution in [2.45, 2.75) is 44.6 Å². The predicted molar refractivity (Wildman–Crippen MR) is 48.1 cm³/mol. The zero-order valence-electron chi connectivity index (χ0n) is 7.35. The van der Waals surface area contributed by atoms with Crippen LogP contribution in [0.15, 0.2) is 0 Å². The minimum Gasteiger partial charge on any atom is -0.376 e. The highest BCUT2D eigenvalue weighted by Gasteiger charge is 2.27. The van der Waals surface area contributed by atoms with Crippen molar-refractivity contribution in [2.24, 2.45) is 5.92 Å². The molecular formula is C9H17ClO. The van der Waals surface area contributed by atoms with Crippen molar-refractivity contribution in [1.29, 1.82) is 0 Å². The first-order valence-corrected chi connectivity index (χ1v) is 4.95. The normalized spacial score (nSPS) is 35.2. The molecule has 0 bridgehead atoms. The van der Waals surface area contributed by atoms with Gasteiger partial charge < -0.3 is 4.74 Å². The van der Waals surface area contributed by atoms with Gasteiger partial charge >= 0.3 is 0 Å². The molecule has 0 aliphatic carbocycles. The molecule has 0 radical (unpaired) electrons. The maximum absolute atomic E-state index is 6.13. The zero-order valence-corrected chi connectivity index (χ0v) is 8.10. The van der Waals surface area contributed by atoms with E-state index in [1.807, 2.05) is 0 Å². The first kappa shape index (κ1) is 9.34. The summed E-state index contributed by atoms with van der Waals surface area (Å²) in [5.41, 5.74) is 0. The van der Waals surface area contributed by atoms with Gasteiger partial charge in [0.05, 0.1) is 11.5 Å². The summed E-state index contributed by atoms with van der Waals surface area (Å²) >= 11 is 6.13. The van der Waals surface area contributed by atoms with Crippen molar-refractivity contribution < 1.29 is 4.74 Å². The molecule has 1 rings (SSSR count). The Bertz CT molecular complexity index is 112. The van der Waals surface area contributed by atoms with Gasteiger partial charge in [0, 0.05) is 6.61 Å². The lowest BCUT2D eigenvalue weighted by Crippen LogP contribution is -2.35. The Hall–Kier alpha value is 0.250. The molecule has 11 heavy (non-hydrogen) atoms. The zero-order chi connectivity index (χ0) is 8.27. The second kappa shape index (κ2) is 4.32. The highest BCUT2D eigenvalue weighted by molar-refractivity contribution is 6.21. The Morgan fingerprint density at radius 1 is 1.64 bits per heavy atom. The van der Waals surface area contributed by atoms with Crippen molar-refractivity contribution >= 4 is 11.6 Å². The number of hydrogen-bond donors (Lipinski definition) is 0. The maximum Gasteiger partial charge on any atom is 0.0763 e. The van der Waals surface area contributed by atoms with Crippen LogP contribution in [0.5, 0.6) is 0 Å². The van der Waals surface area contributed by atoms with Gasteiger partial charge in [-0.25, -0.2) is 0 Å². The molecule has 0 saturated carbocycles. The Kier molecular flexibility index (Phi) is 3.67. The third-order valence-corrected chi connectivity index (χ3v) is 2.96. The first-order chi connectivity index (χ1) is 5.25. The van der Waals surface area contributed by atoms with Crippen LogP contribution in [-0.2, 0) is 4.74 Å². The summed E-state index contributed by atoms with van der Waals surface area (Å²) in [4.78, 5) is 0. The van der Waals surface area contributed by atoms with E-state index in [4.69, 9.17) is 16.3 Å². The van der Waals surface area contributed by atoms with Gasteiger partial charge in [0.25, 0.3) is 0 Å². The molecule has 1 nitrogen and oxygen atoms in total. The summed E-state index contributed by atoms with van der Waals surface area (Å²) in [6.07, 6.45) is 3.71. The number of alkyl halides is 1. The fourth-order valence-electron chi connectivity index (χ4n) is 1.52. The molecule has 0 aromatic carbocycles. The molecule has 3 unspecified atom stereocenters. The lowest BCUT2D eigenvalue weighted by Gasteiger charge is -2.31. The molecule has 0 N–H and O–H groups in total. The summed E-state index contributed by atoms with van der Waals surface area (Å²) in [6.45, 7) is 5.30. The topological polar surface area (TPSA) is 9.23 Å². The fourth-order valence-corrected chi connectivity index (χ4v) is 1.99. The van der Waals surface area contributed by atoms with Crippen LogP contribution in [0.4, 0.5) is 0 Å². The summed E-state index contributed by atoms with van der Waals surface area (Å²) in [6, 6.07) is 0. The minimum atomic E-state index is 0.249. The molecule has 0 amide bonds. The van der Waals surface area contributed by atoms with E-state index >= 15 is 0 Å². The quantitative estimate of drug-likeness (QED) is 0.588. The van der Waals surface area contributed by atoms with Gasteiger partial charge in [-0.3, -0.25) is 0 Å². The highest BCUT2D eigenvalue weighted by Crippen LogP contribution is 2.26. The van der Waals surface area contributed by atoms with E-state index in [2.05, 4.69) is 13.8 Å². The first-order valence-electron chi connectivity index (χ1n) is 4.51. The molecule has 0 aromatic heterocycles. The summed E-state index contributed by atoms with van der Waals surface area (Å²) in [5, 5.41) is 0.249.